The van der Waals surface area contributed by atoms with Crippen LogP contribution in [-0.4, -0.2) is 14.3 Å². The van der Waals surface area contributed by atoms with Crippen LogP contribution < -0.4 is 10.5 Å². The number of halogens is 1. The molecule has 0 aliphatic heterocycles. The first-order chi connectivity index (χ1) is 9.77. The van der Waals surface area contributed by atoms with Gasteiger partial charge in [0.05, 0.1) is 6.54 Å². The van der Waals surface area contributed by atoms with Crippen LogP contribution in [0.2, 0.25) is 0 Å². The van der Waals surface area contributed by atoms with E-state index in [0.717, 1.165) is 26.3 Å². The van der Waals surface area contributed by atoms with Gasteiger partial charge in [0.1, 0.15) is 4.21 Å². The van der Waals surface area contributed by atoms with Crippen molar-refractivity contribution in [3.8, 4) is 0 Å². The summed E-state index contributed by atoms with van der Waals surface area (Å²) in [4.78, 5) is 12.8. The summed E-state index contributed by atoms with van der Waals surface area (Å²) in [5.74, 6) is -0.203. The van der Waals surface area contributed by atoms with E-state index in [2.05, 4.69) is 21.2 Å². The van der Waals surface area contributed by atoms with Gasteiger partial charge in [0.2, 0.25) is 10.0 Å². The van der Waals surface area contributed by atoms with E-state index in [-0.39, 0.29) is 16.7 Å². The Bertz CT molecular complexity index is 784. The second-order valence-corrected chi connectivity index (χ2v) is 8.28. The van der Waals surface area contributed by atoms with Crippen molar-refractivity contribution < 1.29 is 13.2 Å². The minimum absolute atomic E-state index is 0.0894. The van der Waals surface area contributed by atoms with E-state index in [9.17, 15) is 13.2 Å². The van der Waals surface area contributed by atoms with Gasteiger partial charge in [-0.15, -0.1) is 11.3 Å². The minimum Gasteiger partial charge on any atom is -0.347 e. The van der Waals surface area contributed by atoms with Crippen molar-refractivity contribution in [2.24, 2.45) is 5.14 Å². The summed E-state index contributed by atoms with van der Waals surface area (Å²) < 4.78 is 23.4. The number of nitrogens with two attached hydrogens (primary N) is 1. The number of hydrogen-bond donors (Lipinski definition) is 2. The van der Waals surface area contributed by atoms with E-state index >= 15 is 0 Å². The van der Waals surface area contributed by atoms with Crippen LogP contribution in [0.15, 0.2) is 39.0 Å². The Balaban J connectivity index is 2.06. The maximum absolute atomic E-state index is 12.1. The lowest BCUT2D eigenvalue weighted by Crippen LogP contribution is -2.23. The predicted octanol–water partition coefficient (Wildman–Crippen LogP) is 2.40. The highest BCUT2D eigenvalue weighted by atomic mass is 79.9. The van der Waals surface area contributed by atoms with Crippen LogP contribution in [0, 0.1) is 6.92 Å². The van der Waals surface area contributed by atoms with Gasteiger partial charge in [-0.1, -0.05) is 15.9 Å². The maximum Gasteiger partial charge on any atom is 0.251 e. The molecule has 0 aliphatic carbocycles. The van der Waals surface area contributed by atoms with Crippen LogP contribution in [0.1, 0.15) is 20.8 Å². The highest BCUT2D eigenvalue weighted by Gasteiger charge is 2.13. The van der Waals surface area contributed by atoms with E-state index in [1.165, 1.54) is 6.07 Å². The first kappa shape index (κ1) is 16.2. The van der Waals surface area contributed by atoms with Crippen molar-refractivity contribution in [1.29, 1.82) is 0 Å². The lowest BCUT2D eigenvalue weighted by molar-refractivity contribution is 0.0950. The van der Waals surface area contributed by atoms with Crippen molar-refractivity contribution in [1.82, 2.24) is 5.32 Å². The summed E-state index contributed by atoms with van der Waals surface area (Å²) in [6.07, 6.45) is 0. The van der Waals surface area contributed by atoms with E-state index in [4.69, 9.17) is 5.14 Å². The Morgan fingerprint density at radius 3 is 2.62 bits per heavy atom. The van der Waals surface area contributed by atoms with Gasteiger partial charge in [0.25, 0.3) is 5.91 Å². The molecular weight excluding hydrogens is 376 g/mol. The highest BCUT2D eigenvalue weighted by molar-refractivity contribution is 9.10. The van der Waals surface area contributed by atoms with E-state index in [1.807, 2.05) is 13.0 Å². The number of thiophene rings is 1. The van der Waals surface area contributed by atoms with Crippen molar-refractivity contribution in [3.63, 3.8) is 0 Å². The molecule has 112 valence electrons. The largest absolute Gasteiger partial charge is 0.347 e. The monoisotopic (exact) mass is 388 g/mol. The molecule has 3 N–H and O–H groups in total. The molecule has 2 aromatic rings. The summed E-state index contributed by atoms with van der Waals surface area (Å²) in [6.45, 7) is 2.11. The van der Waals surface area contributed by atoms with Gasteiger partial charge < -0.3 is 5.32 Å². The smallest absolute Gasteiger partial charge is 0.251 e. The zero-order valence-electron chi connectivity index (χ0n) is 11.1. The molecule has 5 nitrogen and oxygen atoms in total. The Labute approximate surface area is 135 Å². The molecule has 0 fully saturated rings. The standard InChI is InChI=1S/C13H13BrN2O3S2/c1-8-6-9(14)2-4-11(8)13(17)16-7-10-3-5-12(20-10)21(15,18)19/h2-6H,7H2,1H3,(H,16,17)(H2,15,18,19). The number of benzene rings is 1. The minimum atomic E-state index is -3.68. The summed E-state index contributed by atoms with van der Waals surface area (Å²) >= 11 is 4.39. The van der Waals surface area contributed by atoms with Gasteiger partial charge in [-0.25, -0.2) is 13.6 Å². The Kier molecular flexibility index (Phi) is 4.82. The highest BCUT2D eigenvalue weighted by Crippen LogP contribution is 2.20. The molecular formula is C13H13BrN2O3S2. The molecule has 1 aromatic carbocycles. The van der Waals surface area contributed by atoms with Crippen LogP contribution in [0.4, 0.5) is 0 Å². The van der Waals surface area contributed by atoms with E-state index < -0.39 is 10.0 Å². The Morgan fingerprint density at radius 1 is 1.33 bits per heavy atom. The summed E-state index contributed by atoms with van der Waals surface area (Å²) in [7, 11) is -3.68. The molecule has 0 spiro atoms. The number of amides is 1. The maximum atomic E-state index is 12.1. The zero-order chi connectivity index (χ0) is 15.6. The number of primary sulfonamides is 1. The third kappa shape index (κ3) is 4.13. The van der Waals surface area contributed by atoms with Gasteiger partial charge in [-0.2, -0.15) is 0 Å². The van der Waals surface area contributed by atoms with Crippen molar-refractivity contribution >= 4 is 43.2 Å². The van der Waals surface area contributed by atoms with E-state index in [1.54, 1.807) is 18.2 Å². The molecule has 0 aliphatic rings. The number of hydrogen-bond acceptors (Lipinski definition) is 4. The molecule has 0 atom stereocenters. The molecule has 1 amide bonds. The molecule has 1 aromatic heterocycles. The third-order valence-electron chi connectivity index (χ3n) is 2.77. The molecule has 21 heavy (non-hydrogen) atoms. The molecule has 2 rings (SSSR count). The quantitative estimate of drug-likeness (QED) is 0.842. The van der Waals surface area contributed by atoms with Gasteiger partial charge in [-0.05, 0) is 42.8 Å². The topological polar surface area (TPSA) is 89.3 Å². The van der Waals surface area contributed by atoms with Crippen molar-refractivity contribution in [2.45, 2.75) is 17.7 Å². The fraction of sp³-hybridized carbons (Fsp3) is 0.154. The molecule has 8 heteroatoms. The van der Waals surface area contributed by atoms with Gasteiger partial charge in [0.15, 0.2) is 0 Å². The number of aryl methyl sites for hydroxylation is 1. The second kappa shape index (κ2) is 6.27. The predicted molar refractivity (Wildman–Crippen MR) is 85.7 cm³/mol. The van der Waals surface area contributed by atoms with Crippen LogP contribution in [0.25, 0.3) is 0 Å². The number of carbonyl (C=O) groups is 1. The van der Waals surface area contributed by atoms with E-state index in [0.29, 0.717) is 5.56 Å². The van der Waals surface area contributed by atoms with Gasteiger partial charge >= 0.3 is 0 Å². The zero-order valence-corrected chi connectivity index (χ0v) is 14.3. The fourth-order valence-corrected chi connectivity index (χ4v) is 3.94. The first-order valence-corrected chi connectivity index (χ1v) is 9.09. The molecule has 0 radical (unpaired) electrons. The van der Waals surface area contributed by atoms with Crippen LogP contribution in [-0.2, 0) is 16.6 Å². The summed E-state index contributed by atoms with van der Waals surface area (Å²) in [6, 6.07) is 8.47. The number of sulfonamides is 1. The Morgan fingerprint density at radius 2 is 2.05 bits per heavy atom. The fourth-order valence-electron chi connectivity index (χ4n) is 1.75. The van der Waals surface area contributed by atoms with Gasteiger partial charge in [0, 0.05) is 14.9 Å². The molecule has 0 saturated carbocycles. The number of rotatable bonds is 4. The number of carbonyl (C=O) groups excluding carboxylic acids is 1. The normalized spacial score (nSPS) is 11.4. The molecule has 1 heterocycles. The van der Waals surface area contributed by atoms with Crippen LogP contribution in [0.5, 0.6) is 0 Å². The average molecular weight is 389 g/mol. The first-order valence-electron chi connectivity index (χ1n) is 5.93. The second-order valence-electron chi connectivity index (χ2n) is 4.41. The molecule has 0 bridgehead atoms. The third-order valence-corrected chi connectivity index (χ3v) is 5.79. The van der Waals surface area contributed by atoms with Gasteiger partial charge in [-0.3, -0.25) is 4.79 Å². The van der Waals surface area contributed by atoms with Crippen molar-refractivity contribution in [2.75, 3.05) is 0 Å². The summed E-state index contributed by atoms with van der Waals surface area (Å²) in [5.41, 5.74) is 1.44. The number of nitrogens with one attached hydrogen (secondary N) is 1. The average Bonchev–Trinajstić information content (AvgIpc) is 2.84. The lowest BCUT2D eigenvalue weighted by Gasteiger charge is -2.07. The van der Waals surface area contributed by atoms with Crippen LogP contribution >= 0.6 is 27.3 Å². The Hall–Kier alpha value is -1.22. The van der Waals surface area contributed by atoms with Crippen LogP contribution in [0.3, 0.4) is 0 Å². The SMILES string of the molecule is Cc1cc(Br)ccc1C(=O)NCc1ccc(S(N)(=O)=O)s1. The molecule has 0 unspecified atom stereocenters. The summed E-state index contributed by atoms with van der Waals surface area (Å²) in [5, 5.41) is 7.80. The lowest BCUT2D eigenvalue weighted by atomic mass is 10.1. The molecule has 0 saturated heterocycles. The van der Waals surface area contributed by atoms with Crippen molar-refractivity contribution in [3.05, 3.63) is 50.8 Å².